The van der Waals surface area contributed by atoms with Gasteiger partial charge in [-0.2, -0.15) is 4.98 Å². The number of benzene rings is 2. The molecule has 9 heteroatoms. The van der Waals surface area contributed by atoms with E-state index >= 15 is 0 Å². The zero-order valence-electron chi connectivity index (χ0n) is 17.3. The van der Waals surface area contributed by atoms with E-state index in [4.69, 9.17) is 0 Å². The molecule has 1 heterocycles. The monoisotopic (exact) mass is 438 g/mol. The summed E-state index contributed by atoms with van der Waals surface area (Å²) in [5, 5.41) is 11.7. The van der Waals surface area contributed by atoms with E-state index in [0.29, 0.717) is 24.6 Å². The van der Waals surface area contributed by atoms with E-state index in [1.54, 1.807) is 30.3 Å². The normalized spacial score (nSPS) is 11.5. The predicted octanol–water partition coefficient (Wildman–Crippen LogP) is 3.78. The number of nitrogens with zero attached hydrogens (tertiary/aromatic N) is 4. The van der Waals surface area contributed by atoms with Crippen LogP contribution in [0.2, 0.25) is 0 Å². The minimum Gasteiger partial charge on any atom is -0.354 e. The van der Waals surface area contributed by atoms with E-state index in [1.165, 1.54) is 18.2 Å². The average molecular weight is 439 g/mol. The van der Waals surface area contributed by atoms with Gasteiger partial charge in [0.25, 0.3) is 11.2 Å². The van der Waals surface area contributed by atoms with Crippen molar-refractivity contribution in [3.63, 3.8) is 0 Å². The fraction of sp³-hybridized carbons (Fsp3) is 0.273. The zero-order valence-corrected chi connectivity index (χ0v) is 18.1. The van der Waals surface area contributed by atoms with Crippen molar-refractivity contribution in [2.75, 3.05) is 18.0 Å². The second-order valence-corrected chi connectivity index (χ2v) is 7.82. The molecule has 0 bridgehead atoms. The van der Waals surface area contributed by atoms with Crippen molar-refractivity contribution in [1.82, 2.24) is 4.98 Å². The second kappa shape index (κ2) is 10.0. The first-order chi connectivity index (χ1) is 14.9. The maximum absolute atomic E-state index is 13.0. The summed E-state index contributed by atoms with van der Waals surface area (Å²) < 4.78 is -0.0799. The number of hydrogen-bond donors (Lipinski definition) is 0. The molecule has 0 saturated carbocycles. The highest BCUT2D eigenvalue weighted by Crippen LogP contribution is 2.20. The van der Waals surface area contributed by atoms with Crippen molar-refractivity contribution in [2.24, 2.45) is 4.99 Å². The molecule has 3 rings (SSSR count). The van der Waals surface area contributed by atoms with E-state index in [1.807, 2.05) is 18.7 Å². The van der Waals surface area contributed by atoms with Gasteiger partial charge in [-0.05, 0) is 31.0 Å². The number of aromatic nitrogens is 1. The maximum atomic E-state index is 13.0. The molecule has 8 nitrogen and oxygen atoms in total. The van der Waals surface area contributed by atoms with Crippen molar-refractivity contribution >= 4 is 39.3 Å². The van der Waals surface area contributed by atoms with Gasteiger partial charge in [0.15, 0.2) is 10.5 Å². The Labute approximate surface area is 182 Å². The number of non-ortho nitro benzene ring substituents is 1. The molecule has 0 unspecified atom stereocenters. The van der Waals surface area contributed by atoms with E-state index in [9.17, 15) is 19.7 Å². The Morgan fingerprint density at radius 3 is 2.35 bits per heavy atom. The largest absolute Gasteiger partial charge is 0.354 e. The molecule has 31 heavy (non-hydrogen) atoms. The highest BCUT2D eigenvalue weighted by molar-refractivity contribution is 7.07. The Hall–Kier alpha value is -3.46. The molecule has 2 aromatic carbocycles. The molecule has 0 fully saturated rings. The molecule has 0 radical (unpaired) electrons. The van der Waals surface area contributed by atoms with Crippen LogP contribution in [0.1, 0.15) is 26.7 Å². The third kappa shape index (κ3) is 5.18. The second-order valence-electron chi connectivity index (χ2n) is 6.86. The maximum Gasteiger partial charge on any atom is 0.279 e. The van der Waals surface area contributed by atoms with Crippen molar-refractivity contribution in [2.45, 2.75) is 26.7 Å². The highest BCUT2D eigenvalue weighted by atomic mass is 32.1. The molecule has 0 atom stereocenters. The highest BCUT2D eigenvalue weighted by Gasteiger charge is 2.13. The van der Waals surface area contributed by atoms with Crippen LogP contribution in [0, 0.1) is 10.1 Å². The van der Waals surface area contributed by atoms with Crippen LogP contribution in [-0.2, 0) is 0 Å². The van der Waals surface area contributed by atoms with Gasteiger partial charge in [0.05, 0.1) is 16.0 Å². The Bertz CT molecular complexity index is 1300. The first kappa shape index (κ1) is 22.2. The minimum atomic E-state index is -0.511. The third-order valence-electron chi connectivity index (χ3n) is 4.52. The zero-order chi connectivity index (χ0) is 22.4. The van der Waals surface area contributed by atoms with Gasteiger partial charge in [-0.25, -0.2) is 4.99 Å². The average Bonchev–Trinajstić information content (AvgIpc) is 2.76. The number of nitro benzene ring substituents is 1. The van der Waals surface area contributed by atoms with E-state index < -0.39 is 10.5 Å². The lowest BCUT2D eigenvalue weighted by molar-refractivity contribution is -0.384. The molecule has 0 amide bonds. The smallest absolute Gasteiger partial charge is 0.279 e. The van der Waals surface area contributed by atoms with Crippen LogP contribution < -0.4 is 19.9 Å². The topological polar surface area (TPSA) is 106 Å². The van der Waals surface area contributed by atoms with Crippen LogP contribution in [0.3, 0.4) is 0 Å². The Kier molecular flexibility index (Phi) is 7.19. The summed E-state index contributed by atoms with van der Waals surface area (Å²) in [7, 11) is 0. The summed E-state index contributed by atoms with van der Waals surface area (Å²) in [5.74, 6) is 0.313. The number of fused-ring (bicyclic) bond motifs is 1. The molecular formula is C22H22N4O4S. The number of rotatable bonds is 7. The fourth-order valence-electron chi connectivity index (χ4n) is 3.18. The number of nitro groups is 1. The van der Waals surface area contributed by atoms with Crippen LogP contribution >= 0.6 is 11.3 Å². The standard InChI is InChI=1S/C22H22N4O4S/c1-3-12-25(13-4-2)19-21(23-15-8-7-9-16(14-15)26(29)30)31-22(28)18-11-6-5-10-17(18)20(27)24-19/h5-11,14H,3-4,12-13H2,1-2H3. The SMILES string of the molecule is CCCN(CCC)c1nc(=O)c2ccccc2c(=O)sc1=Nc1cccc([N+](=O)[O-])c1. The first-order valence-corrected chi connectivity index (χ1v) is 10.8. The van der Waals surface area contributed by atoms with E-state index in [2.05, 4.69) is 9.98 Å². The van der Waals surface area contributed by atoms with Gasteiger partial charge in [0, 0.05) is 30.6 Å². The summed E-state index contributed by atoms with van der Waals surface area (Å²) in [6, 6.07) is 12.4. The summed E-state index contributed by atoms with van der Waals surface area (Å²) in [6.45, 7) is 5.28. The minimum absolute atomic E-state index is 0.108. The summed E-state index contributed by atoms with van der Waals surface area (Å²) in [6.07, 6.45) is 1.62. The molecule has 0 spiro atoms. The molecule has 0 N–H and O–H groups in total. The summed E-state index contributed by atoms with van der Waals surface area (Å²) in [5.41, 5.74) is -0.308. The lowest BCUT2D eigenvalue weighted by Crippen LogP contribution is -2.32. The van der Waals surface area contributed by atoms with Gasteiger partial charge in [-0.1, -0.05) is 43.4 Å². The molecule has 0 aliphatic rings. The van der Waals surface area contributed by atoms with Crippen molar-refractivity contribution in [3.8, 4) is 0 Å². The molecule has 0 saturated heterocycles. The van der Waals surface area contributed by atoms with Crippen LogP contribution in [0.5, 0.6) is 0 Å². The lowest BCUT2D eigenvalue weighted by Gasteiger charge is -2.21. The molecule has 160 valence electrons. The van der Waals surface area contributed by atoms with Crippen LogP contribution in [0.25, 0.3) is 10.8 Å². The molecular weight excluding hydrogens is 416 g/mol. The van der Waals surface area contributed by atoms with Gasteiger partial charge < -0.3 is 4.90 Å². The molecule has 0 aliphatic carbocycles. The summed E-state index contributed by atoms with van der Waals surface area (Å²) >= 11 is 0.879. The van der Waals surface area contributed by atoms with Crippen LogP contribution in [0.4, 0.5) is 17.2 Å². The quantitative estimate of drug-likeness (QED) is 0.410. The Morgan fingerprint density at radius 2 is 1.71 bits per heavy atom. The molecule has 3 aromatic rings. The first-order valence-electron chi connectivity index (χ1n) is 9.97. The predicted molar refractivity (Wildman–Crippen MR) is 123 cm³/mol. The number of hydrogen-bond acceptors (Lipinski definition) is 8. The number of anilines is 1. The van der Waals surface area contributed by atoms with Crippen molar-refractivity contribution in [3.05, 3.63) is 83.2 Å². The molecule has 0 aliphatic heterocycles. The Balaban J connectivity index is 2.43. The van der Waals surface area contributed by atoms with E-state index in [0.717, 1.165) is 24.2 Å². The van der Waals surface area contributed by atoms with Crippen LogP contribution in [0.15, 0.2) is 63.1 Å². The van der Waals surface area contributed by atoms with Gasteiger partial charge in [-0.3, -0.25) is 19.7 Å². The lowest BCUT2D eigenvalue weighted by atomic mass is 10.2. The summed E-state index contributed by atoms with van der Waals surface area (Å²) in [4.78, 5) is 47.4. The van der Waals surface area contributed by atoms with Crippen molar-refractivity contribution < 1.29 is 4.92 Å². The fourth-order valence-corrected chi connectivity index (χ4v) is 4.06. The van der Waals surface area contributed by atoms with Gasteiger partial charge >= 0.3 is 0 Å². The van der Waals surface area contributed by atoms with Crippen LogP contribution in [-0.4, -0.2) is 23.0 Å². The van der Waals surface area contributed by atoms with Crippen molar-refractivity contribution in [1.29, 1.82) is 0 Å². The Morgan fingerprint density at radius 1 is 1.03 bits per heavy atom. The van der Waals surface area contributed by atoms with Gasteiger partial charge in [-0.15, -0.1) is 0 Å². The van der Waals surface area contributed by atoms with Gasteiger partial charge in [0.2, 0.25) is 4.74 Å². The molecule has 1 aromatic heterocycles. The third-order valence-corrected chi connectivity index (χ3v) is 5.40. The van der Waals surface area contributed by atoms with E-state index in [-0.39, 0.29) is 25.9 Å². The van der Waals surface area contributed by atoms with Gasteiger partial charge in [0.1, 0.15) is 0 Å².